The maximum absolute atomic E-state index is 5.64. The maximum Gasteiger partial charge on any atom is 0.191 e. The molecule has 0 aliphatic carbocycles. The van der Waals surface area contributed by atoms with Crippen LogP contribution in [0.3, 0.4) is 0 Å². The zero-order chi connectivity index (χ0) is 12.3. The molecule has 0 saturated carbocycles. The molecule has 0 radical (unpaired) electrons. The third kappa shape index (κ3) is 2.39. The van der Waals surface area contributed by atoms with Crippen molar-refractivity contribution in [1.29, 1.82) is 0 Å². The standard InChI is InChI=1S/C14H18N2O/c1-3-13-14(16-10(2)17-13)12-7-5-4-6-11(12)8-9-15/h4-7H,3,8-9,15H2,1-2H3. The minimum absolute atomic E-state index is 0.648. The fraction of sp³-hybridized carbons (Fsp3) is 0.357. The zero-order valence-corrected chi connectivity index (χ0v) is 10.4. The number of rotatable bonds is 4. The quantitative estimate of drug-likeness (QED) is 0.878. The Kier molecular flexibility index (Phi) is 3.59. The van der Waals surface area contributed by atoms with Gasteiger partial charge in [-0.1, -0.05) is 31.2 Å². The van der Waals surface area contributed by atoms with Crippen molar-refractivity contribution in [3.8, 4) is 11.3 Å². The van der Waals surface area contributed by atoms with Gasteiger partial charge in [0.25, 0.3) is 0 Å². The number of aromatic nitrogens is 1. The van der Waals surface area contributed by atoms with E-state index in [1.54, 1.807) is 0 Å². The summed E-state index contributed by atoms with van der Waals surface area (Å²) in [6.45, 7) is 4.61. The van der Waals surface area contributed by atoms with E-state index in [4.69, 9.17) is 10.2 Å². The molecular weight excluding hydrogens is 212 g/mol. The fourth-order valence-electron chi connectivity index (χ4n) is 2.04. The lowest BCUT2D eigenvalue weighted by Crippen LogP contribution is -2.04. The summed E-state index contributed by atoms with van der Waals surface area (Å²) in [5.74, 6) is 1.67. The van der Waals surface area contributed by atoms with Crippen molar-refractivity contribution < 1.29 is 4.42 Å². The van der Waals surface area contributed by atoms with Gasteiger partial charge in [-0.05, 0) is 18.5 Å². The van der Waals surface area contributed by atoms with E-state index in [0.29, 0.717) is 6.54 Å². The molecular formula is C14H18N2O. The van der Waals surface area contributed by atoms with Crippen molar-refractivity contribution in [2.24, 2.45) is 5.73 Å². The van der Waals surface area contributed by atoms with Gasteiger partial charge in [-0.15, -0.1) is 0 Å². The second-order valence-corrected chi connectivity index (χ2v) is 4.05. The highest BCUT2D eigenvalue weighted by molar-refractivity contribution is 5.65. The van der Waals surface area contributed by atoms with E-state index in [9.17, 15) is 0 Å². The molecule has 0 aliphatic heterocycles. The molecule has 2 aromatic rings. The molecule has 0 spiro atoms. The number of nitrogens with two attached hydrogens (primary N) is 1. The third-order valence-corrected chi connectivity index (χ3v) is 2.81. The van der Waals surface area contributed by atoms with E-state index in [2.05, 4.69) is 24.0 Å². The molecule has 3 nitrogen and oxygen atoms in total. The molecule has 3 heteroatoms. The largest absolute Gasteiger partial charge is 0.445 e. The minimum Gasteiger partial charge on any atom is -0.445 e. The third-order valence-electron chi connectivity index (χ3n) is 2.81. The van der Waals surface area contributed by atoms with E-state index in [0.717, 1.165) is 35.7 Å². The molecule has 0 saturated heterocycles. The summed E-state index contributed by atoms with van der Waals surface area (Å²) in [6, 6.07) is 8.25. The molecule has 17 heavy (non-hydrogen) atoms. The Morgan fingerprint density at radius 3 is 2.76 bits per heavy atom. The number of hydrogen-bond acceptors (Lipinski definition) is 3. The number of hydrogen-bond donors (Lipinski definition) is 1. The first-order valence-corrected chi connectivity index (χ1v) is 6.01. The minimum atomic E-state index is 0.648. The highest BCUT2D eigenvalue weighted by Gasteiger charge is 2.14. The normalized spacial score (nSPS) is 10.8. The van der Waals surface area contributed by atoms with Gasteiger partial charge in [0.15, 0.2) is 5.89 Å². The lowest BCUT2D eigenvalue weighted by Gasteiger charge is -2.06. The van der Waals surface area contributed by atoms with E-state index < -0.39 is 0 Å². The first-order chi connectivity index (χ1) is 8.26. The van der Waals surface area contributed by atoms with Crippen LogP contribution in [0.1, 0.15) is 24.1 Å². The Morgan fingerprint density at radius 2 is 2.06 bits per heavy atom. The molecule has 0 amide bonds. The Hall–Kier alpha value is -1.61. The summed E-state index contributed by atoms with van der Waals surface area (Å²) >= 11 is 0. The van der Waals surface area contributed by atoms with Gasteiger partial charge in [0.1, 0.15) is 11.5 Å². The lowest BCUT2D eigenvalue weighted by atomic mass is 10.0. The Morgan fingerprint density at radius 1 is 1.29 bits per heavy atom. The second-order valence-electron chi connectivity index (χ2n) is 4.05. The molecule has 90 valence electrons. The van der Waals surface area contributed by atoms with Gasteiger partial charge in [-0.3, -0.25) is 0 Å². The van der Waals surface area contributed by atoms with E-state index >= 15 is 0 Å². The van der Waals surface area contributed by atoms with Crippen LogP contribution in [0.15, 0.2) is 28.7 Å². The van der Waals surface area contributed by atoms with Gasteiger partial charge < -0.3 is 10.2 Å². The van der Waals surface area contributed by atoms with Crippen LogP contribution >= 0.6 is 0 Å². The molecule has 0 fully saturated rings. The topological polar surface area (TPSA) is 52.0 Å². The fourth-order valence-corrected chi connectivity index (χ4v) is 2.04. The summed E-state index contributed by atoms with van der Waals surface area (Å²) in [7, 11) is 0. The van der Waals surface area contributed by atoms with Crippen LogP contribution < -0.4 is 5.73 Å². The zero-order valence-electron chi connectivity index (χ0n) is 10.4. The van der Waals surface area contributed by atoms with Gasteiger partial charge in [-0.2, -0.15) is 0 Å². The van der Waals surface area contributed by atoms with Crippen LogP contribution in [0.4, 0.5) is 0 Å². The molecule has 0 atom stereocenters. The number of nitrogens with zero attached hydrogens (tertiary/aromatic N) is 1. The number of benzene rings is 1. The maximum atomic E-state index is 5.64. The molecule has 1 heterocycles. The van der Waals surface area contributed by atoms with Crippen molar-refractivity contribution in [3.63, 3.8) is 0 Å². The van der Waals surface area contributed by atoms with Crippen molar-refractivity contribution in [3.05, 3.63) is 41.5 Å². The van der Waals surface area contributed by atoms with Crippen LogP contribution in [0.2, 0.25) is 0 Å². The highest BCUT2D eigenvalue weighted by Crippen LogP contribution is 2.27. The molecule has 0 unspecified atom stereocenters. The summed E-state index contributed by atoms with van der Waals surface area (Å²) in [4.78, 5) is 4.49. The first-order valence-electron chi connectivity index (χ1n) is 6.01. The van der Waals surface area contributed by atoms with Crippen LogP contribution in [-0.2, 0) is 12.8 Å². The average molecular weight is 230 g/mol. The van der Waals surface area contributed by atoms with Crippen molar-refractivity contribution in [2.75, 3.05) is 6.54 Å². The van der Waals surface area contributed by atoms with Crippen LogP contribution in [0.25, 0.3) is 11.3 Å². The van der Waals surface area contributed by atoms with E-state index in [1.165, 1.54) is 5.56 Å². The van der Waals surface area contributed by atoms with Crippen LogP contribution in [-0.4, -0.2) is 11.5 Å². The van der Waals surface area contributed by atoms with Gasteiger partial charge in [0, 0.05) is 18.9 Å². The monoisotopic (exact) mass is 230 g/mol. The summed E-state index contributed by atoms with van der Waals surface area (Å²) < 4.78 is 5.61. The van der Waals surface area contributed by atoms with Crippen LogP contribution in [0, 0.1) is 6.92 Å². The van der Waals surface area contributed by atoms with Gasteiger partial charge in [0.2, 0.25) is 0 Å². The molecule has 1 aromatic heterocycles. The van der Waals surface area contributed by atoms with E-state index in [1.807, 2.05) is 19.1 Å². The summed E-state index contributed by atoms with van der Waals surface area (Å²) in [5, 5.41) is 0. The van der Waals surface area contributed by atoms with Crippen molar-refractivity contribution >= 4 is 0 Å². The highest BCUT2D eigenvalue weighted by atomic mass is 16.4. The molecule has 0 aliphatic rings. The van der Waals surface area contributed by atoms with Gasteiger partial charge >= 0.3 is 0 Å². The molecule has 2 N–H and O–H groups in total. The Bertz CT molecular complexity index is 503. The molecule has 2 rings (SSSR count). The summed E-state index contributed by atoms with van der Waals surface area (Å²) in [5.41, 5.74) is 8.99. The molecule has 0 bridgehead atoms. The van der Waals surface area contributed by atoms with Crippen molar-refractivity contribution in [1.82, 2.24) is 4.98 Å². The number of aryl methyl sites for hydroxylation is 2. The van der Waals surface area contributed by atoms with Crippen molar-refractivity contribution in [2.45, 2.75) is 26.7 Å². The summed E-state index contributed by atoms with van der Waals surface area (Å²) in [6.07, 6.45) is 1.72. The lowest BCUT2D eigenvalue weighted by molar-refractivity contribution is 0.480. The second kappa shape index (κ2) is 5.15. The van der Waals surface area contributed by atoms with Crippen LogP contribution in [0.5, 0.6) is 0 Å². The smallest absolute Gasteiger partial charge is 0.191 e. The Labute approximate surface area is 102 Å². The molecule has 1 aromatic carbocycles. The Balaban J connectivity index is 2.51. The van der Waals surface area contributed by atoms with E-state index in [-0.39, 0.29) is 0 Å². The SMILES string of the molecule is CCc1oc(C)nc1-c1ccccc1CCN. The number of oxazole rings is 1. The first kappa shape index (κ1) is 11.9. The average Bonchev–Trinajstić information content (AvgIpc) is 2.71. The van der Waals surface area contributed by atoms with Gasteiger partial charge in [-0.25, -0.2) is 4.98 Å². The van der Waals surface area contributed by atoms with Gasteiger partial charge in [0.05, 0.1) is 0 Å². The predicted molar refractivity (Wildman–Crippen MR) is 68.8 cm³/mol. The predicted octanol–water partition coefficient (Wildman–Crippen LogP) is 2.71.